The van der Waals surface area contributed by atoms with E-state index in [9.17, 15) is 19.5 Å². The van der Waals surface area contributed by atoms with Crippen LogP contribution in [-0.4, -0.2) is 68.5 Å². The van der Waals surface area contributed by atoms with E-state index in [0.717, 1.165) is 25.7 Å². The summed E-state index contributed by atoms with van der Waals surface area (Å²) in [6.07, 6.45) is 3.14. The first-order valence-corrected chi connectivity index (χ1v) is 12.7. The Bertz CT molecular complexity index is 780. The molecule has 3 amide bonds. The third-order valence-electron chi connectivity index (χ3n) is 7.13. The normalized spacial score (nSPS) is 34.1. The summed E-state index contributed by atoms with van der Waals surface area (Å²) in [4.78, 5) is 42.1. The molecule has 0 aromatic rings. The summed E-state index contributed by atoms with van der Waals surface area (Å²) < 4.78 is -0.986. The highest BCUT2D eigenvalue weighted by Gasteiger charge is 2.77. The van der Waals surface area contributed by atoms with E-state index < -0.39 is 28.2 Å². The molecule has 3 aliphatic heterocycles. The third-order valence-corrected chi connectivity index (χ3v) is 9.12. The lowest BCUT2D eigenvalue weighted by atomic mass is 9.66. The minimum Gasteiger partial charge on any atom is -0.395 e. The van der Waals surface area contributed by atoms with Gasteiger partial charge in [-0.1, -0.05) is 27.7 Å². The molecular formula is C24H41N3O4S. The van der Waals surface area contributed by atoms with Crippen molar-refractivity contribution in [1.29, 1.82) is 0 Å². The van der Waals surface area contributed by atoms with Crippen LogP contribution in [0.4, 0.5) is 0 Å². The molecule has 0 radical (unpaired) electrons. The lowest BCUT2D eigenvalue weighted by Gasteiger charge is -2.38. The predicted octanol–water partition coefficient (Wildman–Crippen LogP) is 2.32. The monoisotopic (exact) mass is 467 g/mol. The number of thioether (sulfide) groups is 1. The maximum atomic E-state index is 13.8. The number of carbonyl (C=O) groups excluding carboxylic acids is 3. The molecule has 0 aliphatic carbocycles. The van der Waals surface area contributed by atoms with Crippen molar-refractivity contribution in [2.75, 3.05) is 19.7 Å². The smallest absolute Gasteiger partial charge is 0.244 e. The van der Waals surface area contributed by atoms with Crippen molar-refractivity contribution in [3.05, 3.63) is 0 Å². The maximum absolute atomic E-state index is 13.8. The van der Waals surface area contributed by atoms with E-state index in [4.69, 9.17) is 0 Å². The van der Waals surface area contributed by atoms with Gasteiger partial charge in [-0.2, -0.15) is 0 Å². The van der Waals surface area contributed by atoms with E-state index in [2.05, 4.69) is 38.3 Å². The van der Waals surface area contributed by atoms with E-state index >= 15 is 0 Å². The molecule has 8 heteroatoms. The molecule has 2 unspecified atom stereocenters. The van der Waals surface area contributed by atoms with Gasteiger partial charge in [0.25, 0.3) is 0 Å². The summed E-state index contributed by atoms with van der Waals surface area (Å²) in [5.41, 5.74) is -0.411. The number of aliphatic hydroxyl groups excluding tert-OH is 1. The van der Waals surface area contributed by atoms with Crippen LogP contribution in [0.15, 0.2) is 0 Å². The summed E-state index contributed by atoms with van der Waals surface area (Å²) in [6, 6.07) is -0.679. The minimum atomic E-state index is -0.679. The van der Waals surface area contributed by atoms with Crippen LogP contribution in [0.3, 0.4) is 0 Å². The summed E-state index contributed by atoms with van der Waals surface area (Å²) in [5.74, 6) is -1.41. The molecule has 1 spiro atoms. The van der Waals surface area contributed by atoms with Crippen LogP contribution in [-0.2, 0) is 14.4 Å². The zero-order chi connectivity index (χ0) is 24.1. The fourth-order valence-electron chi connectivity index (χ4n) is 6.61. The second kappa shape index (κ2) is 8.49. The van der Waals surface area contributed by atoms with Gasteiger partial charge < -0.3 is 20.6 Å². The van der Waals surface area contributed by atoms with Gasteiger partial charge in [0.2, 0.25) is 17.7 Å². The fraction of sp³-hybridized carbons (Fsp3) is 0.875. The number of likely N-dealkylation sites (tertiary alicyclic amines) is 1. The first-order chi connectivity index (χ1) is 14.7. The number of rotatable bonds is 8. The Morgan fingerprint density at radius 1 is 1.19 bits per heavy atom. The second-order valence-corrected chi connectivity index (χ2v) is 13.8. The number of nitrogens with zero attached hydrogens (tertiary/aromatic N) is 1. The molecule has 5 atom stereocenters. The van der Waals surface area contributed by atoms with E-state index in [1.807, 2.05) is 20.8 Å². The lowest BCUT2D eigenvalue weighted by Crippen LogP contribution is -2.58. The zero-order valence-corrected chi connectivity index (χ0v) is 21.5. The number of hydrogen-bond acceptors (Lipinski definition) is 5. The highest BCUT2D eigenvalue weighted by atomic mass is 32.2. The van der Waals surface area contributed by atoms with Crippen LogP contribution < -0.4 is 10.6 Å². The van der Waals surface area contributed by atoms with Crippen molar-refractivity contribution < 1.29 is 19.5 Å². The summed E-state index contributed by atoms with van der Waals surface area (Å²) in [5, 5.41) is 15.9. The fourth-order valence-corrected chi connectivity index (χ4v) is 8.96. The summed E-state index contributed by atoms with van der Waals surface area (Å²) in [6.45, 7) is 15.0. The van der Waals surface area contributed by atoms with Crippen LogP contribution in [0.25, 0.3) is 0 Å². The van der Waals surface area contributed by atoms with E-state index in [1.54, 1.807) is 16.7 Å². The molecule has 2 bridgehead atoms. The van der Waals surface area contributed by atoms with Gasteiger partial charge in [0.15, 0.2) is 0 Å². The van der Waals surface area contributed by atoms with Crippen molar-refractivity contribution >= 4 is 29.5 Å². The first-order valence-electron chi connectivity index (χ1n) is 11.9. The number of nitrogens with one attached hydrogen (secondary N) is 2. The molecule has 3 rings (SSSR count). The van der Waals surface area contributed by atoms with Crippen LogP contribution in [0.5, 0.6) is 0 Å². The number of β-amino-alcohol motifs (C(OH)–C–C–N with tert-alkyl or cyclic N) is 1. The Morgan fingerprint density at radius 2 is 1.84 bits per heavy atom. The molecule has 3 saturated heterocycles. The van der Waals surface area contributed by atoms with Gasteiger partial charge in [-0.15, -0.1) is 11.8 Å². The average Bonchev–Trinajstić information content (AvgIpc) is 3.19. The van der Waals surface area contributed by atoms with Gasteiger partial charge >= 0.3 is 0 Å². The van der Waals surface area contributed by atoms with Crippen molar-refractivity contribution in [1.82, 2.24) is 15.5 Å². The third kappa shape index (κ3) is 4.29. The Labute approximate surface area is 196 Å². The molecular weight excluding hydrogens is 426 g/mol. The van der Waals surface area contributed by atoms with E-state index in [1.165, 1.54) is 0 Å². The standard InChI is InChI=1S/C24H41N3O4S/c1-8-11-25-18(29)15-16-20(31)27(12-13-28)17(24(16)10-9-23(15,7)32-24)19(30)26-22(5,6)14-21(2,3)4/h15-17,28H,8-14H2,1-7H3,(H,25,29)(H,26,30)/t15-,16-,17?,23+,24?/m0/s1. The van der Waals surface area contributed by atoms with E-state index in [-0.39, 0.29) is 41.0 Å². The molecule has 32 heavy (non-hydrogen) atoms. The van der Waals surface area contributed by atoms with Crippen molar-refractivity contribution in [3.8, 4) is 0 Å². The number of carbonyl (C=O) groups is 3. The Hall–Kier alpha value is -1.28. The van der Waals surface area contributed by atoms with Crippen molar-refractivity contribution in [2.45, 2.75) is 95.2 Å². The van der Waals surface area contributed by atoms with Crippen LogP contribution in [0.1, 0.15) is 74.1 Å². The summed E-state index contributed by atoms with van der Waals surface area (Å²) >= 11 is 1.66. The van der Waals surface area contributed by atoms with Crippen molar-refractivity contribution in [3.63, 3.8) is 0 Å². The maximum Gasteiger partial charge on any atom is 0.244 e. The highest BCUT2D eigenvalue weighted by Crippen LogP contribution is 2.71. The molecule has 3 N–H and O–H groups in total. The quantitative estimate of drug-likeness (QED) is 0.509. The van der Waals surface area contributed by atoms with Crippen LogP contribution in [0, 0.1) is 17.3 Å². The van der Waals surface area contributed by atoms with Gasteiger partial charge in [-0.05, 0) is 51.9 Å². The van der Waals surface area contributed by atoms with Gasteiger partial charge in [-0.25, -0.2) is 0 Å². The zero-order valence-electron chi connectivity index (χ0n) is 20.7. The second-order valence-electron chi connectivity index (χ2n) is 11.9. The Balaban J connectivity index is 1.96. The predicted molar refractivity (Wildman–Crippen MR) is 127 cm³/mol. The molecule has 0 aromatic heterocycles. The van der Waals surface area contributed by atoms with Crippen molar-refractivity contribution in [2.24, 2.45) is 17.3 Å². The number of amides is 3. The molecule has 182 valence electrons. The lowest BCUT2D eigenvalue weighted by molar-refractivity contribution is -0.141. The molecule has 3 aliphatic rings. The molecule has 7 nitrogen and oxygen atoms in total. The van der Waals surface area contributed by atoms with Gasteiger partial charge in [-0.3, -0.25) is 14.4 Å². The van der Waals surface area contributed by atoms with Gasteiger partial charge in [0, 0.05) is 23.4 Å². The highest BCUT2D eigenvalue weighted by molar-refractivity contribution is 8.02. The van der Waals surface area contributed by atoms with Gasteiger partial charge in [0.1, 0.15) is 6.04 Å². The minimum absolute atomic E-state index is 0.0321. The largest absolute Gasteiger partial charge is 0.395 e. The summed E-state index contributed by atoms with van der Waals surface area (Å²) in [7, 11) is 0. The molecule has 0 saturated carbocycles. The number of hydrogen-bond donors (Lipinski definition) is 3. The van der Waals surface area contributed by atoms with Crippen LogP contribution in [0.2, 0.25) is 0 Å². The van der Waals surface area contributed by atoms with Gasteiger partial charge in [0.05, 0.1) is 23.2 Å². The number of fused-ring (bicyclic) bond motifs is 1. The first kappa shape index (κ1) is 25.3. The molecule has 3 heterocycles. The van der Waals surface area contributed by atoms with Crippen LogP contribution >= 0.6 is 11.8 Å². The topological polar surface area (TPSA) is 98.7 Å². The van der Waals surface area contributed by atoms with E-state index in [0.29, 0.717) is 6.54 Å². The molecule has 3 fully saturated rings. The Kier molecular flexibility index (Phi) is 6.73. The Morgan fingerprint density at radius 3 is 2.41 bits per heavy atom. The number of aliphatic hydroxyl groups is 1. The average molecular weight is 468 g/mol. The molecule has 0 aromatic carbocycles. The SMILES string of the molecule is CCCNC(=O)[C@@H]1[C@H]2C(=O)N(CCO)C(C(=O)NC(C)(C)CC(C)(C)C)C23CC[C@@]1(C)S3.